The first-order valence-corrected chi connectivity index (χ1v) is 9.83. The molecule has 1 aromatic rings. The van der Waals surface area contributed by atoms with Crippen molar-refractivity contribution >= 4 is 21.7 Å². The van der Waals surface area contributed by atoms with Gasteiger partial charge in [0.05, 0.1) is 7.11 Å². The molecule has 4 nitrogen and oxygen atoms in total. The number of hydrogen-bond acceptors (Lipinski definition) is 4. The molecule has 130 valence electrons. The zero-order chi connectivity index (χ0) is 17.1. The second-order valence-corrected chi connectivity index (χ2v) is 9.14. The van der Waals surface area contributed by atoms with E-state index in [1.807, 2.05) is 12.1 Å². The molecule has 5 aliphatic rings. The number of rotatable bonds is 3. The molecule has 3 fully saturated rings. The Morgan fingerprint density at radius 3 is 3.12 bits per heavy atom. The number of ether oxygens (including phenoxy) is 2. The van der Waals surface area contributed by atoms with E-state index < -0.39 is 0 Å². The van der Waals surface area contributed by atoms with Crippen molar-refractivity contribution in [3.05, 3.63) is 34.3 Å². The zero-order valence-electron chi connectivity index (χ0n) is 14.2. The van der Waals surface area contributed by atoms with Gasteiger partial charge in [0.2, 0.25) is 0 Å². The first-order chi connectivity index (χ1) is 12.1. The molecule has 1 saturated heterocycles. The summed E-state index contributed by atoms with van der Waals surface area (Å²) in [5, 5.41) is 0. The Balaban J connectivity index is 1.65. The van der Waals surface area contributed by atoms with Gasteiger partial charge in [0.1, 0.15) is 0 Å². The molecule has 3 unspecified atom stereocenters. The van der Waals surface area contributed by atoms with Crippen molar-refractivity contribution in [2.24, 2.45) is 5.92 Å². The topological polar surface area (TPSA) is 38.8 Å². The van der Waals surface area contributed by atoms with Gasteiger partial charge in [-0.25, -0.2) is 0 Å². The van der Waals surface area contributed by atoms with Gasteiger partial charge in [0.25, 0.3) is 0 Å². The summed E-state index contributed by atoms with van der Waals surface area (Å²) < 4.78 is 13.0. The number of fused-ring (bicyclic) bond motifs is 1. The van der Waals surface area contributed by atoms with Crippen molar-refractivity contribution in [3.63, 3.8) is 0 Å². The number of benzene rings is 1. The number of hydrogen-bond donors (Lipinski definition) is 0. The third kappa shape index (κ3) is 1.32. The van der Waals surface area contributed by atoms with Crippen molar-refractivity contribution in [1.82, 2.24) is 4.90 Å². The summed E-state index contributed by atoms with van der Waals surface area (Å²) in [5.74, 6) is 2.36. The number of Topliss-reactive ketones (excluding diaryl/α,β-unsaturated/α-hetero) is 1. The van der Waals surface area contributed by atoms with Crippen LogP contribution in [0.3, 0.4) is 0 Å². The summed E-state index contributed by atoms with van der Waals surface area (Å²) >= 11 is 3.82. The summed E-state index contributed by atoms with van der Waals surface area (Å²) in [6.45, 7) is 5.92. The normalized spacial score (nSPS) is 41.8. The van der Waals surface area contributed by atoms with Crippen molar-refractivity contribution in [3.8, 4) is 11.5 Å². The van der Waals surface area contributed by atoms with Crippen LogP contribution in [0.5, 0.6) is 11.5 Å². The summed E-state index contributed by atoms with van der Waals surface area (Å²) in [6.07, 6.45) is 4.35. The summed E-state index contributed by atoms with van der Waals surface area (Å²) in [7, 11) is 1.68. The minimum absolute atomic E-state index is 0.141. The van der Waals surface area contributed by atoms with Gasteiger partial charge in [-0.05, 0) is 30.4 Å². The lowest BCUT2D eigenvalue weighted by molar-refractivity contribution is -0.133. The van der Waals surface area contributed by atoms with Crippen LogP contribution >= 0.6 is 15.9 Å². The van der Waals surface area contributed by atoms with Crippen LogP contribution < -0.4 is 9.47 Å². The molecule has 25 heavy (non-hydrogen) atoms. The Kier molecular flexibility index (Phi) is 2.55. The van der Waals surface area contributed by atoms with E-state index in [2.05, 4.69) is 27.4 Å². The average Bonchev–Trinajstić information content (AvgIpc) is 3.15. The lowest BCUT2D eigenvalue weighted by atomic mass is 9.58. The van der Waals surface area contributed by atoms with Gasteiger partial charge >= 0.3 is 0 Å². The number of carbonyl (C=O) groups is 1. The fourth-order valence-corrected chi connectivity index (χ4v) is 7.91. The van der Waals surface area contributed by atoms with Crippen molar-refractivity contribution in [1.29, 1.82) is 0 Å². The molecule has 2 heterocycles. The van der Waals surface area contributed by atoms with Gasteiger partial charge in [-0.2, -0.15) is 0 Å². The number of ketones is 1. The Bertz CT molecular complexity index is 867. The molecule has 6 rings (SSSR count). The highest BCUT2D eigenvalue weighted by Crippen LogP contribution is 2.77. The highest BCUT2D eigenvalue weighted by atomic mass is 79.9. The van der Waals surface area contributed by atoms with Crippen LogP contribution in [0.4, 0.5) is 0 Å². The van der Waals surface area contributed by atoms with Crippen molar-refractivity contribution in [2.45, 2.75) is 42.2 Å². The molecule has 2 bridgehead atoms. The third-order valence-electron chi connectivity index (χ3n) is 7.54. The summed E-state index contributed by atoms with van der Waals surface area (Å²) in [5.41, 5.74) is 2.70. The van der Waals surface area contributed by atoms with Crippen molar-refractivity contribution in [2.75, 3.05) is 20.2 Å². The molecule has 0 amide bonds. The largest absolute Gasteiger partial charge is 0.493 e. The molecular formula is C20H20BrNO3. The van der Waals surface area contributed by atoms with Crippen LogP contribution in [-0.2, 0) is 15.6 Å². The molecule has 3 aliphatic carbocycles. The second-order valence-electron chi connectivity index (χ2n) is 8.29. The molecule has 0 aromatic heterocycles. The number of methoxy groups -OCH3 is 1. The van der Waals surface area contributed by atoms with Crippen LogP contribution in [0.2, 0.25) is 0 Å². The maximum Gasteiger partial charge on any atom is 0.174 e. The van der Waals surface area contributed by atoms with Crippen LogP contribution in [-0.4, -0.2) is 43.0 Å². The van der Waals surface area contributed by atoms with Gasteiger partial charge in [-0.1, -0.05) is 22.0 Å². The SMILES string of the molecule is C=CCN1CC23C[C@@]45c6c(c(OC)cc(Br)c62)O[C@@H]4C(=O)CCC5C13. The molecular weight excluding hydrogens is 382 g/mol. The van der Waals surface area contributed by atoms with Crippen LogP contribution in [0.1, 0.15) is 30.4 Å². The fraction of sp³-hybridized carbons (Fsp3) is 0.550. The molecule has 5 atom stereocenters. The van der Waals surface area contributed by atoms with E-state index in [0.29, 0.717) is 18.4 Å². The van der Waals surface area contributed by atoms with Gasteiger partial charge < -0.3 is 9.47 Å². The van der Waals surface area contributed by atoms with Crippen molar-refractivity contribution < 1.29 is 14.3 Å². The molecule has 0 radical (unpaired) electrons. The number of likely N-dealkylation sites (tertiary alicyclic amines) is 1. The fourth-order valence-electron chi connectivity index (χ4n) is 7.11. The average molecular weight is 402 g/mol. The molecule has 1 aromatic carbocycles. The van der Waals surface area contributed by atoms with E-state index in [1.54, 1.807) is 7.11 Å². The quantitative estimate of drug-likeness (QED) is 0.729. The Hall–Kier alpha value is -1.33. The number of carbonyl (C=O) groups excluding carboxylic acids is 1. The van der Waals surface area contributed by atoms with E-state index in [-0.39, 0.29) is 22.7 Å². The highest BCUT2D eigenvalue weighted by Gasteiger charge is 2.80. The molecule has 0 N–H and O–H groups in total. The van der Waals surface area contributed by atoms with E-state index >= 15 is 0 Å². The van der Waals surface area contributed by atoms with Crippen LogP contribution in [0.15, 0.2) is 23.2 Å². The van der Waals surface area contributed by atoms with Gasteiger partial charge in [0, 0.05) is 46.4 Å². The minimum atomic E-state index is -0.321. The number of halogens is 1. The first kappa shape index (κ1) is 14.8. The Labute approximate surface area is 155 Å². The lowest BCUT2D eigenvalue weighted by Crippen LogP contribution is -2.68. The predicted molar refractivity (Wildman–Crippen MR) is 96.4 cm³/mol. The third-order valence-corrected chi connectivity index (χ3v) is 8.16. The first-order valence-electron chi connectivity index (χ1n) is 9.04. The maximum absolute atomic E-state index is 12.8. The van der Waals surface area contributed by atoms with Gasteiger partial charge in [-0.15, -0.1) is 6.58 Å². The summed E-state index contributed by atoms with van der Waals surface area (Å²) in [4.78, 5) is 15.4. The van der Waals surface area contributed by atoms with Gasteiger partial charge in [0.15, 0.2) is 23.4 Å². The Morgan fingerprint density at radius 2 is 2.36 bits per heavy atom. The maximum atomic E-state index is 12.8. The molecule has 2 aliphatic heterocycles. The summed E-state index contributed by atoms with van der Waals surface area (Å²) in [6, 6.07) is 2.54. The molecule has 5 heteroatoms. The van der Waals surface area contributed by atoms with E-state index in [9.17, 15) is 4.79 Å². The van der Waals surface area contributed by atoms with Gasteiger partial charge in [-0.3, -0.25) is 9.69 Å². The second kappa shape index (κ2) is 4.32. The van der Waals surface area contributed by atoms with E-state index in [1.165, 1.54) is 11.1 Å². The van der Waals surface area contributed by atoms with Crippen LogP contribution in [0.25, 0.3) is 0 Å². The molecule has 2 saturated carbocycles. The monoisotopic (exact) mass is 401 g/mol. The zero-order valence-corrected chi connectivity index (χ0v) is 15.8. The standard InChI is InChI=1S/C20H20BrNO3/c1-3-6-22-9-19-8-20-10(17(19)22)4-5-12(23)18(20)25-16-13(24-2)7-11(21)14(19)15(16)20/h3,7,10,17-18H,1,4-6,8-9H2,2H3/t10?,17?,18-,19?,20-/m1/s1. The van der Waals surface area contributed by atoms with E-state index in [0.717, 1.165) is 41.9 Å². The lowest BCUT2D eigenvalue weighted by Gasteiger charge is -2.58. The number of nitrogens with zero attached hydrogens (tertiary/aromatic N) is 1. The van der Waals surface area contributed by atoms with E-state index in [4.69, 9.17) is 9.47 Å². The van der Waals surface area contributed by atoms with Crippen LogP contribution in [0, 0.1) is 5.92 Å². The predicted octanol–water partition coefficient (Wildman–Crippen LogP) is 2.96. The Morgan fingerprint density at radius 1 is 1.52 bits per heavy atom. The smallest absolute Gasteiger partial charge is 0.174 e. The molecule has 2 spiro atoms. The minimum Gasteiger partial charge on any atom is -0.493 e. The highest BCUT2D eigenvalue weighted by molar-refractivity contribution is 9.10.